The Morgan fingerprint density at radius 1 is 2.00 bits per heavy atom. The van der Waals surface area contributed by atoms with Gasteiger partial charge in [0.15, 0.2) is 0 Å². The largest absolute Gasteiger partial charge is 0.472 e. The zero-order valence-corrected chi connectivity index (χ0v) is 3.14. The van der Waals surface area contributed by atoms with E-state index in [1.165, 1.54) is 18.6 Å². The van der Waals surface area contributed by atoms with Crippen LogP contribution in [0, 0.1) is 6.85 Å². The predicted octanol–water partition coefficient (Wildman–Crippen LogP) is 1.59. The van der Waals surface area contributed by atoms with E-state index in [2.05, 4.69) is 4.42 Å². The van der Waals surface area contributed by atoms with Gasteiger partial charge in [0.1, 0.15) is 0 Å². The van der Waals surface area contributed by atoms with Crippen molar-refractivity contribution in [3.63, 3.8) is 0 Å². The smallest absolute Gasteiger partial charge is 0.0931 e. The first-order valence-electron chi connectivity index (χ1n) is 3.13. The summed E-state index contributed by atoms with van der Waals surface area (Å²) in [6.45, 7) is -2.02. The maximum absolute atomic E-state index is 6.86. The van der Waals surface area contributed by atoms with Crippen molar-refractivity contribution >= 4 is 0 Å². The molecule has 0 atom stereocenters. The fraction of sp³-hybridized carbons (Fsp3) is 0.200. The van der Waals surface area contributed by atoms with E-state index in [0.717, 1.165) is 0 Å². The van der Waals surface area contributed by atoms with Crippen molar-refractivity contribution in [3.8, 4) is 0 Å². The third-order valence-corrected chi connectivity index (χ3v) is 0.521. The van der Waals surface area contributed by atoms with Crippen LogP contribution in [0.3, 0.4) is 0 Å². The Morgan fingerprint density at radius 3 is 3.33 bits per heavy atom. The summed E-state index contributed by atoms with van der Waals surface area (Å²) in [4.78, 5) is 0. The highest BCUT2D eigenvalue weighted by Gasteiger charge is 1.75. The molecule has 0 aliphatic rings. The van der Waals surface area contributed by atoms with Crippen LogP contribution in [0.25, 0.3) is 0 Å². The Balaban J connectivity index is 2.90. The second-order valence-electron chi connectivity index (χ2n) is 1.01. The van der Waals surface area contributed by atoms with Gasteiger partial charge in [0.2, 0.25) is 0 Å². The van der Waals surface area contributed by atoms with Crippen LogP contribution in [0.1, 0.15) is 9.68 Å². The van der Waals surface area contributed by atoms with Gasteiger partial charge in [-0.1, -0.05) is 0 Å². The standard InChI is InChI=1S/C5H6O/c1-5-2-3-6-4-5/h2-4H,1H3/i1D3. The molecule has 6 heavy (non-hydrogen) atoms. The van der Waals surface area contributed by atoms with Crippen LogP contribution < -0.4 is 0 Å². The highest BCUT2D eigenvalue weighted by atomic mass is 16.3. The maximum atomic E-state index is 6.86. The van der Waals surface area contributed by atoms with Crippen molar-refractivity contribution in [3.05, 3.63) is 24.2 Å². The van der Waals surface area contributed by atoms with E-state index in [0.29, 0.717) is 0 Å². The molecule has 0 saturated heterocycles. The molecular formula is C5H6O. The highest BCUT2D eigenvalue weighted by molar-refractivity contribution is 5.00. The van der Waals surface area contributed by atoms with Gasteiger partial charge in [-0.3, -0.25) is 0 Å². The molecule has 1 nitrogen and oxygen atoms in total. The Kier molecular flexibility index (Phi) is 0.275. The van der Waals surface area contributed by atoms with E-state index >= 15 is 0 Å². The lowest BCUT2D eigenvalue weighted by Gasteiger charge is -1.63. The molecule has 1 heteroatoms. The fourth-order valence-corrected chi connectivity index (χ4v) is 0.264. The quantitative estimate of drug-likeness (QED) is 0.466. The molecule has 1 heterocycles. The first kappa shape index (κ1) is 1.41. The Hall–Kier alpha value is -0.720. The Morgan fingerprint density at radius 2 is 3.00 bits per heavy atom. The summed E-state index contributed by atoms with van der Waals surface area (Å²) in [6, 6.07) is 1.44. The molecule has 0 fully saturated rings. The zero-order valence-electron chi connectivity index (χ0n) is 6.14. The van der Waals surface area contributed by atoms with Crippen LogP contribution >= 0.6 is 0 Å². The Bertz CT molecular complexity index is 175. The van der Waals surface area contributed by atoms with Crippen molar-refractivity contribution in [2.24, 2.45) is 0 Å². The molecule has 1 rings (SSSR count). The molecule has 0 unspecified atom stereocenters. The molecular weight excluding hydrogens is 76.1 g/mol. The molecule has 0 aromatic carbocycles. The summed E-state index contributed by atoms with van der Waals surface area (Å²) in [5.74, 6) is 0. The number of rotatable bonds is 0. The molecule has 32 valence electrons. The number of aryl methyl sites for hydroxylation is 1. The third-order valence-electron chi connectivity index (χ3n) is 0.521. The summed E-state index contributed by atoms with van der Waals surface area (Å²) < 4.78 is 25.2. The number of hydrogen-bond acceptors (Lipinski definition) is 1. The molecule has 1 aromatic heterocycles. The number of furan rings is 1. The molecule has 1 aromatic rings. The summed E-state index contributed by atoms with van der Waals surface area (Å²) >= 11 is 0. The van der Waals surface area contributed by atoms with Crippen molar-refractivity contribution in [2.45, 2.75) is 6.85 Å². The van der Waals surface area contributed by atoms with Crippen LogP contribution in [0.15, 0.2) is 23.0 Å². The van der Waals surface area contributed by atoms with E-state index in [1.54, 1.807) is 0 Å². The minimum Gasteiger partial charge on any atom is -0.472 e. The predicted molar refractivity (Wildman–Crippen MR) is 23.4 cm³/mol. The topological polar surface area (TPSA) is 13.1 Å². The van der Waals surface area contributed by atoms with Gasteiger partial charge in [0.05, 0.1) is 12.5 Å². The van der Waals surface area contributed by atoms with Gasteiger partial charge in [0.25, 0.3) is 0 Å². The first-order chi connectivity index (χ1) is 4.11. The lowest BCUT2D eigenvalue weighted by molar-refractivity contribution is 0.565. The van der Waals surface area contributed by atoms with Gasteiger partial charge in [-0.2, -0.15) is 0 Å². The van der Waals surface area contributed by atoms with Gasteiger partial charge in [0, 0.05) is 4.11 Å². The average Bonchev–Trinajstić information content (AvgIpc) is 2.08. The SMILES string of the molecule is [2H]C([2H])([2H])c1ccoc1. The maximum Gasteiger partial charge on any atom is 0.0931 e. The van der Waals surface area contributed by atoms with Crippen molar-refractivity contribution in [2.75, 3.05) is 0 Å². The van der Waals surface area contributed by atoms with E-state index in [9.17, 15) is 0 Å². The van der Waals surface area contributed by atoms with E-state index in [-0.39, 0.29) is 5.56 Å². The van der Waals surface area contributed by atoms with Crippen LogP contribution in [0.5, 0.6) is 0 Å². The second kappa shape index (κ2) is 1.17. The zero-order chi connectivity index (χ0) is 6.91. The lowest BCUT2D eigenvalue weighted by Crippen LogP contribution is -1.48. The first-order valence-corrected chi connectivity index (χ1v) is 1.63. The summed E-state index contributed by atoms with van der Waals surface area (Å²) in [7, 11) is 0. The van der Waals surface area contributed by atoms with E-state index in [1.807, 2.05) is 0 Å². The minimum atomic E-state index is -2.02. The minimum absolute atomic E-state index is 0.252. The summed E-state index contributed by atoms with van der Waals surface area (Å²) in [5, 5.41) is 0. The van der Waals surface area contributed by atoms with Crippen LogP contribution in [-0.2, 0) is 0 Å². The monoisotopic (exact) mass is 85.1 g/mol. The molecule has 0 aliphatic carbocycles. The van der Waals surface area contributed by atoms with Crippen molar-refractivity contribution < 1.29 is 8.53 Å². The Labute approximate surface area is 40.8 Å². The lowest BCUT2D eigenvalue weighted by atomic mass is 10.4. The molecule has 0 bridgehead atoms. The fourth-order valence-electron chi connectivity index (χ4n) is 0.264. The highest BCUT2D eigenvalue weighted by Crippen LogP contribution is 1.93. The molecule has 0 aliphatic heterocycles. The van der Waals surface area contributed by atoms with E-state index < -0.39 is 6.85 Å². The molecule has 0 radical (unpaired) electrons. The molecule has 0 amide bonds. The van der Waals surface area contributed by atoms with Gasteiger partial charge in [-0.15, -0.1) is 0 Å². The van der Waals surface area contributed by atoms with Crippen LogP contribution in [0.2, 0.25) is 0 Å². The summed E-state index contributed by atoms with van der Waals surface area (Å²) in [5.41, 5.74) is 0.252. The van der Waals surface area contributed by atoms with Crippen LogP contribution in [-0.4, -0.2) is 0 Å². The molecule has 0 spiro atoms. The van der Waals surface area contributed by atoms with Gasteiger partial charge in [-0.25, -0.2) is 0 Å². The number of hydrogen-bond donors (Lipinski definition) is 0. The van der Waals surface area contributed by atoms with Crippen molar-refractivity contribution in [1.29, 1.82) is 0 Å². The third kappa shape index (κ3) is 0.432. The van der Waals surface area contributed by atoms with Gasteiger partial charge >= 0.3 is 0 Å². The molecule has 0 saturated carbocycles. The van der Waals surface area contributed by atoms with E-state index in [4.69, 9.17) is 4.11 Å². The van der Waals surface area contributed by atoms with Crippen LogP contribution in [0.4, 0.5) is 0 Å². The average molecular weight is 85.1 g/mol. The van der Waals surface area contributed by atoms with Crippen molar-refractivity contribution in [1.82, 2.24) is 0 Å². The normalized spacial score (nSPS) is 18.3. The van der Waals surface area contributed by atoms with Gasteiger partial charge in [-0.05, 0) is 18.5 Å². The van der Waals surface area contributed by atoms with Gasteiger partial charge < -0.3 is 4.42 Å². The molecule has 0 N–H and O–H groups in total. The second-order valence-corrected chi connectivity index (χ2v) is 1.01. The summed E-state index contributed by atoms with van der Waals surface area (Å²) in [6.07, 6.45) is 2.58.